The molecule has 0 aliphatic carbocycles. The summed E-state index contributed by atoms with van der Waals surface area (Å²) in [6.45, 7) is 1.61. The Kier molecular flexibility index (Phi) is 8.58. The fraction of sp³-hybridized carbons (Fsp3) is 0.278. The van der Waals surface area contributed by atoms with Crippen molar-refractivity contribution >= 4 is 17.3 Å². The SMILES string of the molecule is CCn1cc(-c2csc(-n3nnn(CC(CN)=C(F)F)c3=O)c2)ccc1=O.O=C(O)C(F)(F)F. The maximum Gasteiger partial charge on any atom is 0.490 e. The zero-order valence-electron chi connectivity index (χ0n) is 17.3. The third kappa shape index (κ3) is 6.44. The van der Waals surface area contributed by atoms with Gasteiger partial charge in [0.05, 0.1) is 6.54 Å². The number of tetrazole rings is 1. The van der Waals surface area contributed by atoms with Crippen molar-refractivity contribution in [2.24, 2.45) is 5.73 Å². The van der Waals surface area contributed by atoms with Crippen LogP contribution in [-0.2, 0) is 17.9 Å². The molecule has 0 spiro atoms. The van der Waals surface area contributed by atoms with Gasteiger partial charge in [0, 0.05) is 36.3 Å². The van der Waals surface area contributed by atoms with Crippen molar-refractivity contribution < 1.29 is 31.9 Å². The maximum absolute atomic E-state index is 12.7. The summed E-state index contributed by atoms with van der Waals surface area (Å²) in [7, 11) is 0. The van der Waals surface area contributed by atoms with Gasteiger partial charge in [0.2, 0.25) is 0 Å². The number of hydrogen-bond acceptors (Lipinski definition) is 7. The number of alkyl halides is 3. The van der Waals surface area contributed by atoms with Crippen LogP contribution in [0.1, 0.15) is 6.92 Å². The molecule has 0 amide bonds. The Bertz CT molecular complexity index is 1300. The highest BCUT2D eigenvalue weighted by molar-refractivity contribution is 7.13. The first-order valence-electron chi connectivity index (χ1n) is 9.24. The van der Waals surface area contributed by atoms with Gasteiger partial charge in [-0.1, -0.05) is 0 Å². The zero-order chi connectivity index (χ0) is 25.6. The molecule has 3 rings (SSSR count). The van der Waals surface area contributed by atoms with E-state index in [1.807, 2.05) is 12.3 Å². The molecule has 0 radical (unpaired) electrons. The highest BCUT2D eigenvalue weighted by Crippen LogP contribution is 2.26. The number of carbonyl (C=O) groups is 1. The predicted octanol–water partition coefficient (Wildman–Crippen LogP) is 2.08. The van der Waals surface area contributed by atoms with Gasteiger partial charge >= 0.3 is 17.8 Å². The second-order valence-corrected chi connectivity index (χ2v) is 7.31. The highest BCUT2D eigenvalue weighted by atomic mass is 32.1. The quantitative estimate of drug-likeness (QED) is 0.486. The summed E-state index contributed by atoms with van der Waals surface area (Å²) >= 11 is 1.25. The molecule has 0 bridgehead atoms. The minimum Gasteiger partial charge on any atom is -0.475 e. The topological polar surface area (TPSA) is 138 Å². The van der Waals surface area contributed by atoms with Crippen LogP contribution in [-0.4, -0.2) is 48.2 Å². The number of pyridine rings is 1. The molecule has 3 N–H and O–H groups in total. The Labute approximate surface area is 190 Å². The Morgan fingerprint density at radius 1 is 1.18 bits per heavy atom. The van der Waals surface area contributed by atoms with E-state index in [1.54, 1.807) is 22.9 Å². The van der Waals surface area contributed by atoms with E-state index < -0.39 is 30.5 Å². The van der Waals surface area contributed by atoms with Crippen LogP contribution in [0.4, 0.5) is 22.0 Å². The van der Waals surface area contributed by atoms with Gasteiger partial charge in [-0.25, -0.2) is 9.59 Å². The van der Waals surface area contributed by atoms with Gasteiger partial charge in [0.25, 0.3) is 11.6 Å². The van der Waals surface area contributed by atoms with Crippen LogP contribution in [0.2, 0.25) is 0 Å². The molecule has 0 fully saturated rings. The summed E-state index contributed by atoms with van der Waals surface area (Å²) in [5.74, 6) is -2.76. The normalized spacial score (nSPS) is 11.0. The lowest BCUT2D eigenvalue weighted by Crippen LogP contribution is -2.26. The first-order chi connectivity index (χ1) is 15.9. The average Bonchev–Trinajstić information content (AvgIpc) is 3.38. The fourth-order valence-electron chi connectivity index (χ4n) is 2.43. The van der Waals surface area contributed by atoms with Crippen LogP contribution in [0.15, 0.2) is 51.0 Å². The first kappa shape index (κ1) is 26.6. The molecule has 184 valence electrons. The Hall–Kier alpha value is -3.66. The number of hydrogen-bond donors (Lipinski definition) is 2. The fourth-order valence-corrected chi connectivity index (χ4v) is 3.29. The van der Waals surface area contributed by atoms with Crippen LogP contribution in [0.3, 0.4) is 0 Å². The summed E-state index contributed by atoms with van der Waals surface area (Å²) in [4.78, 5) is 33.0. The summed E-state index contributed by atoms with van der Waals surface area (Å²) in [6, 6.07) is 4.90. The average molecular weight is 508 g/mol. The van der Waals surface area contributed by atoms with Crippen LogP contribution < -0.4 is 17.0 Å². The molecule has 0 unspecified atom stereocenters. The molecule has 0 saturated heterocycles. The van der Waals surface area contributed by atoms with Gasteiger partial charge in [-0.3, -0.25) is 4.79 Å². The van der Waals surface area contributed by atoms with Crippen LogP contribution in [0.5, 0.6) is 0 Å². The number of nitrogens with zero attached hydrogens (tertiary/aromatic N) is 5. The molecule has 0 saturated carbocycles. The molecule has 3 aromatic rings. The minimum absolute atomic E-state index is 0.0975. The molecular formula is C18H17F5N6O4S. The number of halogens is 5. The van der Waals surface area contributed by atoms with Gasteiger partial charge in [0.1, 0.15) is 5.00 Å². The molecule has 16 heteroatoms. The summed E-state index contributed by atoms with van der Waals surface area (Å²) in [5.41, 5.74) is 5.76. The number of carboxylic acids is 1. The highest BCUT2D eigenvalue weighted by Gasteiger charge is 2.38. The minimum atomic E-state index is -5.08. The van der Waals surface area contributed by atoms with E-state index in [0.29, 0.717) is 11.5 Å². The van der Waals surface area contributed by atoms with E-state index in [4.69, 9.17) is 15.6 Å². The number of rotatable bonds is 6. The van der Waals surface area contributed by atoms with Crippen LogP contribution in [0.25, 0.3) is 16.1 Å². The molecular weight excluding hydrogens is 491 g/mol. The lowest BCUT2D eigenvalue weighted by molar-refractivity contribution is -0.192. The monoisotopic (exact) mass is 508 g/mol. The van der Waals surface area contributed by atoms with E-state index in [2.05, 4.69) is 10.4 Å². The number of aliphatic carboxylic acids is 1. The van der Waals surface area contributed by atoms with E-state index in [9.17, 15) is 31.5 Å². The Morgan fingerprint density at radius 2 is 1.82 bits per heavy atom. The Balaban J connectivity index is 0.000000509. The van der Waals surface area contributed by atoms with Crippen molar-refractivity contribution in [3.63, 3.8) is 0 Å². The predicted molar refractivity (Wildman–Crippen MR) is 111 cm³/mol. The molecule has 10 nitrogen and oxygen atoms in total. The Morgan fingerprint density at radius 3 is 2.35 bits per heavy atom. The molecule has 0 aromatic carbocycles. The zero-order valence-corrected chi connectivity index (χ0v) is 18.1. The third-order valence-electron chi connectivity index (χ3n) is 4.19. The number of carboxylic acid groups (broad SMARTS) is 1. The molecule has 34 heavy (non-hydrogen) atoms. The molecule has 0 aliphatic heterocycles. The van der Waals surface area contributed by atoms with Crippen molar-refractivity contribution in [3.8, 4) is 16.1 Å². The van der Waals surface area contributed by atoms with Crippen molar-refractivity contribution in [3.05, 3.63) is 62.3 Å². The number of nitrogens with two attached hydrogens (primary N) is 1. The standard InChI is InChI=1S/C16H16F2N6O2S.C2HF3O2/c1-2-22-7-10(3-4-13(22)25)11-5-14(27-9-11)24-16(26)23(20-21-24)8-12(6-19)15(17)18;3-2(4,5)1(6)7/h3-5,7,9H,2,6,8,19H2,1H3;(H,6,7). The van der Waals surface area contributed by atoms with Crippen molar-refractivity contribution in [2.45, 2.75) is 26.2 Å². The largest absolute Gasteiger partial charge is 0.490 e. The van der Waals surface area contributed by atoms with E-state index in [0.717, 1.165) is 20.5 Å². The first-order valence-corrected chi connectivity index (χ1v) is 10.1. The molecule has 3 heterocycles. The number of aryl methyl sites for hydroxylation is 1. The van der Waals surface area contributed by atoms with Crippen molar-refractivity contribution in [2.75, 3.05) is 6.54 Å². The summed E-state index contributed by atoms with van der Waals surface area (Å²) < 4.78 is 60.6. The number of thiophene rings is 1. The molecule has 3 aromatic heterocycles. The summed E-state index contributed by atoms with van der Waals surface area (Å²) in [5, 5.41) is 16.8. The van der Waals surface area contributed by atoms with Crippen LogP contribution >= 0.6 is 11.3 Å². The second-order valence-electron chi connectivity index (χ2n) is 6.42. The van der Waals surface area contributed by atoms with Crippen LogP contribution in [0, 0.1) is 0 Å². The van der Waals surface area contributed by atoms with Crippen molar-refractivity contribution in [1.29, 1.82) is 0 Å². The van der Waals surface area contributed by atoms with Gasteiger partial charge in [-0.15, -0.1) is 11.3 Å². The van der Waals surface area contributed by atoms with Gasteiger partial charge in [0.15, 0.2) is 0 Å². The maximum atomic E-state index is 12.7. The number of aromatic nitrogens is 5. The van der Waals surface area contributed by atoms with Crippen molar-refractivity contribution in [1.82, 2.24) is 24.4 Å². The molecule has 0 atom stereocenters. The van der Waals surface area contributed by atoms with Gasteiger partial charge in [-0.2, -0.15) is 31.3 Å². The lowest BCUT2D eigenvalue weighted by Gasteiger charge is -2.03. The van der Waals surface area contributed by atoms with E-state index in [1.165, 1.54) is 17.4 Å². The van der Waals surface area contributed by atoms with E-state index >= 15 is 0 Å². The third-order valence-corrected chi connectivity index (χ3v) is 5.09. The molecule has 0 aliphatic rings. The summed E-state index contributed by atoms with van der Waals surface area (Å²) in [6.07, 6.45) is -5.28. The lowest BCUT2D eigenvalue weighted by atomic mass is 10.1. The second kappa shape index (κ2) is 11.0. The van der Waals surface area contributed by atoms with Gasteiger partial charge < -0.3 is 15.4 Å². The van der Waals surface area contributed by atoms with E-state index in [-0.39, 0.29) is 17.7 Å². The smallest absolute Gasteiger partial charge is 0.475 e. The van der Waals surface area contributed by atoms with Gasteiger partial charge in [-0.05, 0) is 40.6 Å².